The Hall–Kier alpha value is -0.700. The molecule has 0 aromatic heterocycles. The van der Waals surface area contributed by atoms with Gasteiger partial charge in [0.15, 0.2) is 0 Å². The fourth-order valence-electron chi connectivity index (χ4n) is 0.163. The van der Waals surface area contributed by atoms with Crippen LogP contribution < -0.4 is 5.73 Å². The molecule has 0 aromatic carbocycles. The molecule has 0 aliphatic rings. The summed E-state index contributed by atoms with van der Waals surface area (Å²) in [7, 11) is 0. The Morgan fingerprint density at radius 2 is 2.57 bits per heavy atom. The first-order chi connectivity index (χ1) is 3.31. The molecule has 0 heterocycles. The average Bonchev–Trinajstić information content (AvgIpc) is 1.68. The number of nitrogens with one attached hydrogen (secondary N) is 1. The number of hydrogen-bond donors (Lipinski definition) is 2. The third kappa shape index (κ3) is 3.12. The van der Waals surface area contributed by atoms with E-state index in [-0.39, 0.29) is 0 Å². The molecule has 0 amide bonds. The molecule has 3 heteroatoms. The van der Waals surface area contributed by atoms with E-state index in [9.17, 15) is 0 Å². The molecule has 0 saturated carbocycles. The number of aliphatic imine (C=N–C) groups is 1. The Morgan fingerprint density at radius 3 is 2.71 bits per heavy atom. The van der Waals surface area contributed by atoms with E-state index < -0.39 is 0 Å². The number of nitrogens with two attached hydrogens (primary N) is 1. The maximum absolute atomic E-state index is 6.47. The molecule has 3 N–H and O–H groups in total. The van der Waals surface area contributed by atoms with Crippen LogP contribution in [0.1, 0.15) is 6.92 Å². The van der Waals surface area contributed by atoms with Gasteiger partial charge in [-0.05, 0) is 6.92 Å². The van der Waals surface area contributed by atoms with Gasteiger partial charge >= 0.3 is 0 Å². The van der Waals surface area contributed by atoms with Gasteiger partial charge in [0.2, 0.25) is 0 Å². The molecule has 0 aliphatic carbocycles. The van der Waals surface area contributed by atoms with Crippen LogP contribution in [-0.4, -0.2) is 18.6 Å². The Labute approximate surface area is 42.8 Å². The lowest BCUT2D eigenvalue weighted by molar-refractivity contribution is 1.29. The van der Waals surface area contributed by atoms with Crippen LogP contribution in [0.3, 0.4) is 0 Å². The molecule has 0 atom stereocenters. The van der Waals surface area contributed by atoms with Crippen molar-refractivity contribution in [1.29, 1.82) is 5.41 Å². The predicted octanol–water partition coefficient (Wildman–Crippen LogP) is 0.0131. The minimum absolute atomic E-state index is 0.440. The SMILES string of the molecule is CC(CN)=NC=N. The summed E-state index contributed by atoms with van der Waals surface area (Å²) >= 11 is 0. The van der Waals surface area contributed by atoms with E-state index in [0.717, 1.165) is 12.1 Å². The van der Waals surface area contributed by atoms with Crippen molar-refractivity contribution in [3.8, 4) is 0 Å². The van der Waals surface area contributed by atoms with Gasteiger partial charge in [-0.15, -0.1) is 0 Å². The van der Waals surface area contributed by atoms with Crippen LogP contribution in [0, 0.1) is 5.41 Å². The van der Waals surface area contributed by atoms with Gasteiger partial charge in [-0.25, -0.2) is 4.99 Å². The van der Waals surface area contributed by atoms with E-state index >= 15 is 0 Å². The van der Waals surface area contributed by atoms with E-state index in [0.29, 0.717) is 6.54 Å². The molecule has 3 nitrogen and oxygen atoms in total. The van der Waals surface area contributed by atoms with Crippen molar-refractivity contribution in [2.75, 3.05) is 6.54 Å². The molecule has 0 aromatic rings. The first-order valence-corrected chi connectivity index (χ1v) is 2.03. The molecule has 0 spiro atoms. The van der Waals surface area contributed by atoms with Crippen molar-refractivity contribution in [3.63, 3.8) is 0 Å². The highest BCUT2D eigenvalue weighted by Gasteiger charge is 1.77. The van der Waals surface area contributed by atoms with Gasteiger partial charge in [-0.3, -0.25) is 5.41 Å². The Bertz CT molecular complexity index is 84.9. The van der Waals surface area contributed by atoms with Crippen molar-refractivity contribution in [2.24, 2.45) is 10.7 Å². The maximum Gasteiger partial charge on any atom is 0.106 e. The highest BCUT2D eigenvalue weighted by Crippen LogP contribution is 1.65. The lowest BCUT2D eigenvalue weighted by Crippen LogP contribution is -2.09. The van der Waals surface area contributed by atoms with Gasteiger partial charge in [0.05, 0.1) is 0 Å². The standard InChI is InChI=1S/C4H9N3/c1-4(2-5)7-3-6/h3,6H,2,5H2,1H3. The second kappa shape index (κ2) is 3.49. The first-order valence-electron chi connectivity index (χ1n) is 2.03. The van der Waals surface area contributed by atoms with Crippen molar-refractivity contribution in [1.82, 2.24) is 0 Å². The predicted molar refractivity (Wildman–Crippen MR) is 30.9 cm³/mol. The summed E-state index contributed by atoms with van der Waals surface area (Å²) < 4.78 is 0. The molecule has 7 heavy (non-hydrogen) atoms. The van der Waals surface area contributed by atoms with E-state index in [4.69, 9.17) is 11.1 Å². The molecular weight excluding hydrogens is 90.1 g/mol. The molecule has 0 radical (unpaired) electrons. The van der Waals surface area contributed by atoms with Crippen molar-refractivity contribution >= 4 is 12.1 Å². The minimum Gasteiger partial charge on any atom is -0.325 e. The molecule has 0 rings (SSSR count). The average molecular weight is 99.1 g/mol. The summed E-state index contributed by atoms with van der Waals surface area (Å²) in [4.78, 5) is 3.58. The second-order valence-electron chi connectivity index (χ2n) is 1.20. The van der Waals surface area contributed by atoms with Gasteiger partial charge in [0, 0.05) is 12.3 Å². The molecule has 40 valence electrons. The summed E-state index contributed by atoms with van der Waals surface area (Å²) in [6.45, 7) is 2.22. The third-order valence-electron chi connectivity index (χ3n) is 0.580. The quantitative estimate of drug-likeness (QED) is 0.372. The zero-order valence-corrected chi connectivity index (χ0v) is 4.31. The van der Waals surface area contributed by atoms with Crippen LogP contribution in [0.15, 0.2) is 4.99 Å². The van der Waals surface area contributed by atoms with Crippen LogP contribution >= 0.6 is 0 Å². The van der Waals surface area contributed by atoms with Crippen molar-refractivity contribution in [3.05, 3.63) is 0 Å². The second-order valence-corrected chi connectivity index (χ2v) is 1.20. The van der Waals surface area contributed by atoms with E-state index in [1.54, 1.807) is 6.92 Å². The fourth-order valence-corrected chi connectivity index (χ4v) is 0.163. The lowest BCUT2D eigenvalue weighted by atomic mass is 10.4. The zero-order chi connectivity index (χ0) is 5.70. The molecule has 0 fully saturated rings. The Balaban J connectivity index is 3.49. The summed E-state index contributed by atoms with van der Waals surface area (Å²) in [6.07, 6.45) is 0.988. The molecule has 0 bridgehead atoms. The molecule has 0 unspecified atom stereocenters. The van der Waals surface area contributed by atoms with Crippen LogP contribution in [0.25, 0.3) is 0 Å². The third-order valence-corrected chi connectivity index (χ3v) is 0.580. The van der Waals surface area contributed by atoms with Gasteiger partial charge in [-0.2, -0.15) is 0 Å². The van der Waals surface area contributed by atoms with Crippen LogP contribution in [0.5, 0.6) is 0 Å². The summed E-state index contributed by atoms with van der Waals surface area (Å²) in [6, 6.07) is 0. The summed E-state index contributed by atoms with van der Waals surface area (Å²) in [5, 5.41) is 6.47. The first kappa shape index (κ1) is 6.30. The fraction of sp³-hybridized carbons (Fsp3) is 0.500. The normalized spacial score (nSPS) is 11.4. The van der Waals surface area contributed by atoms with E-state index in [2.05, 4.69) is 4.99 Å². The summed E-state index contributed by atoms with van der Waals surface area (Å²) in [5.74, 6) is 0. The Kier molecular flexibility index (Phi) is 3.14. The Morgan fingerprint density at radius 1 is 2.00 bits per heavy atom. The number of nitrogens with zero attached hydrogens (tertiary/aromatic N) is 1. The molecular formula is C4H9N3. The molecule has 0 aliphatic heterocycles. The van der Waals surface area contributed by atoms with Crippen molar-refractivity contribution < 1.29 is 0 Å². The minimum atomic E-state index is 0.440. The lowest BCUT2D eigenvalue weighted by Gasteiger charge is -1.84. The van der Waals surface area contributed by atoms with Crippen LogP contribution in [0.4, 0.5) is 0 Å². The van der Waals surface area contributed by atoms with Crippen LogP contribution in [0.2, 0.25) is 0 Å². The van der Waals surface area contributed by atoms with Gasteiger partial charge in [-0.1, -0.05) is 0 Å². The van der Waals surface area contributed by atoms with Crippen molar-refractivity contribution in [2.45, 2.75) is 6.92 Å². The van der Waals surface area contributed by atoms with Gasteiger partial charge < -0.3 is 5.73 Å². The van der Waals surface area contributed by atoms with E-state index in [1.807, 2.05) is 0 Å². The summed E-state index contributed by atoms with van der Waals surface area (Å²) in [5.41, 5.74) is 5.91. The maximum atomic E-state index is 6.47. The highest BCUT2D eigenvalue weighted by molar-refractivity contribution is 5.89. The monoisotopic (exact) mass is 99.1 g/mol. The number of rotatable bonds is 2. The highest BCUT2D eigenvalue weighted by atomic mass is 14.8. The van der Waals surface area contributed by atoms with E-state index in [1.165, 1.54) is 0 Å². The van der Waals surface area contributed by atoms with Gasteiger partial charge in [0.1, 0.15) is 6.34 Å². The van der Waals surface area contributed by atoms with Crippen LogP contribution in [-0.2, 0) is 0 Å². The zero-order valence-electron chi connectivity index (χ0n) is 4.31. The number of hydrogen-bond acceptors (Lipinski definition) is 2. The van der Waals surface area contributed by atoms with Gasteiger partial charge in [0.25, 0.3) is 0 Å². The topological polar surface area (TPSA) is 62.2 Å². The molecule has 0 saturated heterocycles. The smallest absolute Gasteiger partial charge is 0.106 e. The largest absolute Gasteiger partial charge is 0.325 e.